The molecule has 1 saturated heterocycles. The van der Waals surface area contributed by atoms with E-state index in [2.05, 4.69) is 21.8 Å². The highest BCUT2D eigenvalue weighted by atomic mass is 35.5. The number of hydrogen-bond donors (Lipinski definition) is 0. The molecule has 0 atom stereocenters. The second-order valence-electron chi connectivity index (χ2n) is 4.87. The molecule has 1 aliphatic rings. The number of aromatic nitrogens is 2. The molecule has 2 heterocycles. The van der Waals surface area contributed by atoms with Crippen LogP contribution >= 0.6 is 34.7 Å². The minimum absolute atomic E-state index is 0.111. The fraction of sp³-hybridized carbons (Fsp3) is 0.125. The van der Waals surface area contributed by atoms with Gasteiger partial charge in [-0.1, -0.05) is 41.1 Å². The number of halogens is 1. The summed E-state index contributed by atoms with van der Waals surface area (Å²) >= 11 is 8.69. The van der Waals surface area contributed by atoms with Crippen molar-refractivity contribution >= 4 is 57.0 Å². The van der Waals surface area contributed by atoms with Gasteiger partial charge in [0.05, 0.1) is 4.91 Å². The molecule has 5 nitrogen and oxygen atoms in total. The van der Waals surface area contributed by atoms with Crippen LogP contribution in [0.2, 0.25) is 5.02 Å². The number of aryl methyl sites for hydroxylation is 1. The first kappa shape index (κ1) is 16.9. The molecule has 1 aromatic carbocycles. The average molecular weight is 377 g/mol. The van der Waals surface area contributed by atoms with Crippen LogP contribution in [0.25, 0.3) is 6.08 Å². The lowest BCUT2D eigenvalue weighted by Gasteiger charge is -2.11. The van der Waals surface area contributed by atoms with Crippen LogP contribution in [0, 0.1) is 6.92 Å². The van der Waals surface area contributed by atoms with E-state index >= 15 is 0 Å². The number of amides is 1. The van der Waals surface area contributed by atoms with Crippen LogP contribution in [-0.2, 0) is 4.79 Å². The van der Waals surface area contributed by atoms with Gasteiger partial charge in [-0.3, -0.25) is 9.69 Å². The number of hydrogen-bond acceptors (Lipinski definition) is 6. The van der Waals surface area contributed by atoms with E-state index < -0.39 is 0 Å². The molecule has 3 rings (SSSR count). The lowest BCUT2D eigenvalue weighted by molar-refractivity contribution is -0.121. The summed E-state index contributed by atoms with van der Waals surface area (Å²) in [5.41, 5.74) is 0.866. The summed E-state index contributed by atoms with van der Waals surface area (Å²) in [7, 11) is 0. The Hall–Kier alpha value is -1.96. The maximum absolute atomic E-state index is 12.6. The molecule has 0 bridgehead atoms. The Bertz CT molecular complexity index is 859. The van der Waals surface area contributed by atoms with Crippen molar-refractivity contribution in [2.75, 3.05) is 6.54 Å². The number of rotatable bonds is 4. The molecule has 2 aromatic rings. The predicted octanol–water partition coefficient (Wildman–Crippen LogP) is 4.29. The third-order valence-electron chi connectivity index (χ3n) is 3.05. The first-order chi connectivity index (χ1) is 11.6. The maximum Gasteiger partial charge on any atom is 0.267 e. The Morgan fingerprint density at radius 3 is 2.92 bits per heavy atom. The van der Waals surface area contributed by atoms with Crippen molar-refractivity contribution in [3.63, 3.8) is 0 Å². The Kier molecular flexibility index (Phi) is 5.13. The molecule has 122 valence electrons. The standard InChI is InChI=1S/C16H13ClN4OS2/c1-3-7-21-14(22)13(9-11-5-4-6-12(17)8-11)24-16(21)18-15-20-19-10(2)23-15/h3-6,8-9H,1,7H2,2H3/b13-9-,18-16+. The molecule has 0 N–H and O–H groups in total. The van der Waals surface area contributed by atoms with Crippen LogP contribution < -0.4 is 0 Å². The zero-order valence-electron chi connectivity index (χ0n) is 12.8. The number of benzene rings is 1. The zero-order valence-corrected chi connectivity index (χ0v) is 15.2. The van der Waals surface area contributed by atoms with Crippen LogP contribution in [0.5, 0.6) is 0 Å². The fourth-order valence-electron chi connectivity index (χ4n) is 2.04. The maximum atomic E-state index is 12.6. The molecule has 0 radical (unpaired) electrons. The Balaban J connectivity index is 1.95. The van der Waals surface area contributed by atoms with Crippen LogP contribution in [0.4, 0.5) is 5.13 Å². The molecule has 1 amide bonds. The van der Waals surface area contributed by atoms with Crippen molar-refractivity contribution in [3.8, 4) is 0 Å². The summed E-state index contributed by atoms with van der Waals surface area (Å²) in [6.07, 6.45) is 3.48. The van der Waals surface area contributed by atoms with Crippen LogP contribution in [0.3, 0.4) is 0 Å². The van der Waals surface area contributed by atoms with Gasteiger partial charge in [0.25, 0.3) is 5.91 Å². The second kappa shape index (κ2) is 7.29. The van der Waals surface area contributed by atoms with E-state index in [4.69, 9.17) is 11.6 Å². The van der Waals surface area contributed by atoms with Gasteiger partial charge in [-0.25, -0.2) is 0 Å². The van der Waals surface area contributed by atoms with E-state index in [0.717, 1.165) is 10.6 Å². The highest BCUT2D eigenvalue weighted by Gasteiger charge is 2.32. The normalized spacial score (nSPS) is 17.9. The molecule has 1 fully saturated rings. The molecule has 0 unspecified atom stereocenters. The summed E-state index contributed by atoms with van der Waals surface area (Å²) in [5, 5.41) is 10.5. The van der Waals surface area contributed by atoms with E-state index in [9.17, 15) is 4.79 Å². The van der Waals surface area contributed by atoms with Gasteiger partial charge in [0.15, 0.2) is 5.17 Å². The number of aliphatic imine (C=N–C) groups is 1. The topological polar surface area (TPSA) is 58.5 Å². The summed E-state index contributed by atoms with van der Waals surface area (Å²) in [6, 6.07) is 7.35. The highest BCUT2D eigenvalue weighted by molar-refractivity contribution is 8.18. The number of nitrogens with zero attached hydrogens (tertiary/aromatic N) is 4. The van der Waals surface area contributed by atoms with E-state index in [1.807, 2.05) is 31.2 Å². The molecule has 0 saturated carbocycles. The van der Waals surface area contributed by atoms with Crippen molar-refractivity contribution in [1.82, 2.24) is 15.1 Å². The van der Waals surface area contributed by atoms with Gasteiger partial charge >= 0.3 is 0 Å². The van der Waals surface area contributed by atoms with Crippen molar-refractivity contribution in [2.24, 2.45) is 4.99 Å². The first-order valence-electron chi connectivity index (χ1n) is 7.03. The molecular weight excluding hydrogens is 364 g/mol. The molecule has 24 heavy (non-hydrogen) atoms. The summed E-state index contributed by atoms with van der Waals surface area (Å²) in [5.74, 6) is -0.111. The van der Waals surface area contributed by atoms with Gasteiger partial charge in [-0.2, -0.15) is 4.99 Å². The van der Waals surface area contributed by atoms with Crippen molar-refractivity contribution < 1.29 is 4.79 Å². The molecule has 1 aromatic heterocycles. The largest absolute Gasteiger partial charge is 0.282 e. The minimum atomic E-state index is -0.111. The highest BCUT2D eigenvalue weighted by Crippen LogP contribution is 2.34. The third-order valence-corrected chi connectivity index (χ3v) is 5.03. The zero-order chi connectivity index (χ0) is 17.1. The monoisotopic (exact) mass is 376 g/mol. The summed E-state index contributed by atoms with van der Waals surface area (Å²) < 4.78 is 0. The number of amidine groups is 1. The van der Waals surface area contributed by atoms with Crippen LogP contribution in [0.1, 0.15) is 10.6 Å². The molecule has 1 aliphatic heterocycles. The lowest BCUT2D eigenvalue weighted by Crippen LogP contribution is -2.29. The lowest BCUT2D eigenvalue weighted by atomic mass is 10.2. The summed E-state index contributed by atoms with van der Waals surface area (Å²) in [4.78, 5) is 19.2. The van der Waals surface area contributed by atoms with Gasteiger partial charge in [0, 0.05) is 11.6 Å². The third kappa shape index (κ3) is 3.75. The van der Waals surface area contributed by atoms with E-state index in [1.165, 1.54) is 23.1 Å². The van der Waals surface area contributed by atoms with Gasteiger partial charge in [0.1, 0.15) is 5.01 Å². The van der Waals surface area contributed by atoms with E-state index in [-0.39, 0.29) is 5.91 Å². The SMILES string of the molecule is C=CCN1C(=O)/C(=C/c2cccc(Cl)c2)S/C1=N/c1nnc(C)s1. The average Bonchev–Trinajstić information content (AvgIpc) is 3.07. The Labute approximate surface area is 152 Å². The molecular formula is C16H13ClN4OS2. The van der Waals surface area contributed by atoms with Gasteiger partial charge in [-0.05, 0) is 42.5 Å². The quantitative estimate of drug-likeness (QED) is 0.590. The summed E-state index contributed by atoms with van der Waals surface area (Å²) in [6.45, 7) is 5.95. The van der Waals surface area contributed by atoms with Gasteiger partial charge in [0.2, 0.25) is 5.13 Å². The second-order valence-corrected chi connectivity index (χ2v) is 7.47. The number of carbonyl (C=O) groups is 1. The minimum Gasteiger partial charge on any atom is -0.282 e. The molecule has 0 aliphatic carbocycles. The van der Waals surface area contributed by atoms with Gasteiger partial charge in [-0.15, -0.1) is 16.8 Å². The van der Waals surface area contributed by atoms with E-state index in [0.29, 0.717) is 26.8 Å². The van der Waals surface area contributed by atoms with Gasteiger partial charge < -0.3 is 0 Å². The predicted molar refractivity (Wildman–Crippen MR) is 101 cm³/mol. The molecule has 8 heteroatoms. The van der Waals surface area contributed by atoms with Crippen LogP contribution in [-0.4, -0.2) is 32.7 Å². The smallest absolute Gasteiger partial charge is 0.267 e. The fourth-order valence-corrected chi connectivity index (χ4v) is 3.85. The molecule has 0 spiro atoms. The Morgan fingerprint density at radius 2 is 2.25 bits per heavy atom. The van der Waals surface area contributed by atoms with Crippen molar-refractivity contribution in [3.05, 3.63) is 57.4 Å². The van der Waals surface area contributed by atoms with Crippen molar-refractivity contribution in [1.29, 1.82) is 0 Å². The Morgan fingerprint density at radius 1 is 1.42 bits per heavy atom. The van der Waals surface area contributed by atoms with Crippen molar-refractivity contribution in [2.45, 2.75) is 6.92 Å². The first-order valence-corrected chi connectivity index (χ1v) is 9.04. The van der Waals surface area contributed by atoms with Crippen LogP contribution in [0.15, 0.2) is 46.8 Å². The van der Waals surface area contributed by atoms with E-state index in [1.54, 1.807) is 17.0 Å². The number of thioether (sulfide) groups is 1. The number of carbonyl (C=O) groups excluding carboxylic acids is 1.